The average Bonchev–Trinajstić information content (AvgIpc) is 3.27. The van der Waals surface area contributed by atoms with Gasteiger partial charge in [0.1, 0.15) is 5.75 Å². The number of methoxy groups -OCH3 is 1. The molecule has 34 heavy (non-hydrogen) atoms. The number of ether oxygens (including phenoxy) is 1. The standard InChI is InChI=1S/C26H22N4O3S/c1-16-8-10-18(11-9-16)23(31)17(2)34-26-28-27-25-29(19-12-14-20(33-3)15-13-19)24(32)21-6-4-5-7-22(21)30(25)26/h4-15,17H,1-3H3. The molecule has 0 aliphatic carbocycles. The molecule has 0 saturated carbocycles. The molecule has 0 spiro atoms. The van der Waals surface area contributed by atoms with E-state index in [9.17, 15) is 9.59 Å². The number of hydrogen-bond acceptors (Lipinski definition) is 6. The second kappa shape index (κ2) is 8.79. The lowest BCUT2D eigenvalue weighted by molar-refractivity contribution is 0.0994. The number of carbonyl (C=O) groups excluding carboxylic acids is 1. The van der Waals surface area contributed by atoms with Gasteiger partial charge in [0.15, 0.2) is 10.9 Å². The number of benzene rings is 3. The Morgan fingerprint density at radius 1 is 0.971 bits per heavy atom. The van der Waals surface area contributed by atoms with E-state index in [1.165, 1.54) is 16.3 Å². The van der Waals surface area contributed by atoms with Crippen LogP contribution in [0.2, 0.25) is 0 Å². The van der Waals surface area contributed by atoms with Crippen LogP contribution in [0.15, 0.2) is 82.7 Å². The fraction of sp³-hybridized carbons (Fsp3) is 0.154. The first-order valence-corrected chi connectivity index (χ1v) is 11.7. The molecule has 0 aliphatic rings. The molecule has 1 atom stereocenters. The Morgan fingerprint density at radius 3 is 2.38 bits per heavy atom. The third kappa shape index (κ3) is 3.76. The van der Waals surface area contributed by atoms with Crippen LogP contribution in [0.1, 0.15) is 22.8 Å². The van der Waals surface area contributed by atoms with E-state index < -0.39 is 5.25 Å². The van der Waals surface area contributed by atoms with Gasteiger partial charge < -0.3 is 4.74 Å². The molecule has 0 N–H and O–H groups in total. The molecule has 1 unspecified atom stereocenters. The summed E-state index contributed by atoms with van der Waals surface area (Å²) in [6, 6.07) is 22.1. The van der Waals surface area contributed by atoms with Crippen molar-refractivity contribution in [2.75, 3.05) is 7.11 Å². The van der Waals surface area contributed by atoms with Gasteiger partial charge in [0.05, 0.1) is 29.0 Å². The Balaban J connectivity index is 1.64. The van der Waals surface area contributed by atoms with E-state index >= 15 is 0 Å². The van der Waals surface area contributed by atoms with Gasteiger partial charge in [-0.25, -0.2) is 4.57 Å². The normalized spacial score (nSPS) is 12.2. The summed E-state index contributed by atoms with van der Waals surface area (Å²) >= 11 is 1.32. The van der Waals surface area contributed by atoms with Gasteiger partial charge in [0, 0.05) is 5.56 Å². The fourth-order valence-corrected chi connectivity index (χ4v) is 4.82. The molecule has 5 rings (SSSR count). The van der Waals surface area contributed by atoms with E-state index in [0.29, 0.717) is 38.8 Å². The van der Waals surface area contributed by atoms with Crippen LogP contribution >= 0.6 is 11.8 Å². The van der Waals surface area contributed by atoms with E-state index in [2.05, 4.69) is 10.2 Å². The zero-order valence-corrected chi connectivity index (χ0v) is 19.7. The second-order valence-electron chi connectivity index (χ2n) is 7.96. The molecular weight excluding hydrogens is 448 g/mol. The van der Waals surface area contributed by atoms with Crippen molar-refractivity contribution in [1.82, 2.24) is 19.2 Å². The van der Waals surface area contributed by atoms with Crippen molar-refractivity contribution >= 4 is 34.2 Å². The molecule has 0 aliphatic heterocycles. The Bertz CT molecular complexity index is 1570. The number of para-hydroxylation sites is 1. The summed E-state index contributed by atoms with van der Waals surface area (Å²) in [7, 11) is 1.59. The van der Waals surface area contributed by atoms with Gasteiger partial charge in [0.25, 0.3) is 5.56 Å². The van der Waals surface area contributed by atoms with Gasteiger partial charge in [-0.05, 0) is 50.2 Å². The number of nitrogens with zero attached hydrogens (tertiary/aromatic N) is 4. The summed E-state index contributed by atoms with van der Waals surface area (Å²) in [4.78, 5) is 26.5. The Labute approximate surface area is 200 Å². The van der Waals surface area contributed by atoms with Crippen molar-refractivity contribution in [2.24, 2.45) is 0 Å². The monoisotopic (exact) mass is 470 g/mol. The number of carbonyl (C=O) groups is 1. The third-order valence-electron chi connectivity index (χ3n) is 5.71. The van der Waals surface area contributed by atoms with Crippen LogP contribution in [0, 0.1) is 6.92 Å². The molecular formula is C26H22N4O3S. The zero-order chi connectivity index (χ0) is 23.8. The minimum absolute atomic E-state index is 0.00883. The minimum atomic E-state index is -0.393. The Morgan fingerprint density at radius 2 is 1.68 bits per heavy atom. The van der Waals surface area contributed by atoms with Gasteiger partial charge in [-0.15, -0.1) is 10.2 Å². The van der Waals surface area contributed by atoms with Crippen molar-refractivity contribution in [3.63, 3.8) is 0 Å². The lowest BCUT2D eigenvalue weighted by Crippen LogP contribution is -2.22. The van der Waals surface area contributed by atoms with Gasteiger partial charge in [-0.3, -0.25) is 14.0 Å². The van der Waals surface area contributed by atoms with Crippen LogP contribution in [0.5, 0.6) is 5.75 Å². The van der Waals surface area contributed by atoms with Gasteiger partial charge in [-0.2, -0.15) is 0 Å². The minimum Gasteiger partial charge on any atom is -0.497 e. The first-order valence-electron chi connectivity index (χ1n) is 10.8. The summed E-state index contributed by atoms with van der Waals surface area (Å²) in [5.41, 5.74) is 2.90. The van der Waals surface area contributed by atoms with Crippen LogP contribution in [0.3, 0.4) is 0 Å². The number of ketones is 1. The largest absolute Gasteiger partial charge is 0.497 e. The summed E-state index contributed by atoms with van der Waals surface area (Å²) in [5, 5.41) is 9.42. The number of fused-ring (bicyclic) bond motifs is 3. The zero-order valence-electron chi connectivity index (χ0n) is 18.9. The SMILES string of the molecule is COc1ccc(-n2c(=O)c3ccccc3n3c(SC(C)C(=O)c4ccc(C)cc4)nnc23)cc1. The molecule has 7 nitrogen and oxygen atoms in total. The highest BCUT2D eigenvalue weighted by Crippen LogP contribution is 2.28. The Kier molecular flexibility index (Phi) is 5.67. The van der Waals surface area contributed by atoms with Crippen molar-refractivity contribution in [3.8, 4) is 11.4 Å². The lowest BCUT2D eigenvalue weighted by Gasteiger charge is -2.13. The Hall–Kier alpha value is -3.91. The maximum Gasteiger partial charge on any atom is 0.267 e. The van der Waals surface area contributed by atoms with Crippen LogP contribution in [-0.2, 0) is 0 Å². The van der Waals surface area contributed by atoms with E-state index in [-0.39, 0.29) is 11.3 Å². The molecule has 8 heteroatoms. The number of aryl methyl sites for hydroxylation is 1. The topological polar surface area (TPSA) is 78.5 Å². The number of hydrogen-bond donors (Lipinski definition) is 0. The predicted octanol–water partition coefficient (Wildman–Crippen LogP) is 4.71. The van der Waals surface area contributed by atoms with Gasteiger partial charge in [-0.1, -0.05) is 53.7 Å². The summed E-state index contributed by atoms with van der Waals surface area (Å²) in [5.74, 6) is 1.08. The maximum absolute atomic E-state index is 13.4. The van der Waals surface area contributed by atoms with Crippen LogP contribution < -0.4 is 10.3 Å². The number of aromatic nitrogens is 4. The van der Waals surface area contributed by atoms with E-state index in [1.807, 2.05) is 60.7 Å². The molecule has 5 aromatic rings. The fourth-order valence-electron chi connectivity index (χ4n) is 3.88. The molecule has 0 radical (unpaired) electrons. The first-order chi connectivity index (χ1) is 16.5. The van der Waals surface area contributed by atoms with Crippen molar-refractivity contribution in [3.05, 3.63) is 94.3 Å². The van der Waals surface area contributed by atoms with E-state index in [0.717, 1.165) is 5.56 Å². The summed E-state index contributed by atoms with van der Waals surface area (Å²) in [6.07, 6.45) is 0. The predicted molar refractivity (Wildman–Crippen MR) is 133 cm³/mol. The quantitative estimate of drug-likeness (QED) is 0.264. The number of thioether (sulfide) groups is 1. The molecule has 0 bridgehead atoms. The van der Waals surface area contributed by atoms with Crippen LogP contribution in [0.4, 0.5) is 0 Å². The highest BCUT2D eigenvalue weighted by molar-refractivity contribution is 8.00. The van der Waals surface area contributed by atoms with E-state index in [4.69, 9.17) is 4.74 Å². The highest BCUT2D eigenvalue weighted by Gasteiger charge is 2.23. The van der Waals surface area contributed by atoms with Crippen LogP contribution in [0.25, 0.3) is 22.4 Å². The van der Waals surface area contributed by atoms with Gasteiger partial charge >= 0.3 is 0 Å². The van der Waals surface area contributed by atoms with Crippen molar-refractivity contribution < 1.29 is 9.53 Å². The summed E-state index contributed by atoms with van der Waals surface area (Å²) in [6.45, 7) is 3.85. The van der Waals surface area contributed by atoms with Crippen molar-refractivity contribution in [1.29, 1.82) is 0 Å². The third-order valence-corrected chi connectivity index (χ3v) is 6.76. The maximum atomic E-state index is 13.4. The average molecular weight is 471 g/mol. The molecule has 0 amide bonds. The van der Waals surface area contributed by atoms with Crippen molar-refractivity contribution in [2.45, 2.75) is 24.3 Å². The lowest BCUT2D eigenvalue weighted by atomic mass is 10.1. The second-order valence-corrected chi connectivity index (χ2v) is 9.27. The number of Topliss-reactive ketones (excluding diaryl/α,β-unsaturated/α-hetero) is 1. The number of rotatable bonds is 6. The molecule has 2 heterocycles. The van der Waals surface area contributed by atoms with E-state index in [1.54, 1.807) is 37.4 Å². The van der Waals surface area contributed by atoms with Gasteiger partial charge in [0.2, 0.25) is 5.78 Å². The molecule has 0 fully saturated rings. The smallest absolute Gasteiger partial charge is 0.267 e. The first kappa shape index (κ1) is 21.9. The molecule has 0 saturated heterocycles. The van der Waals surface area contributed by atoms with Crippen LogP contribution in [-0.4, -0.2) is 37.3 Å². The molecule has 2 aromatic heterocycles. The molecule has 170 valence electrons. The highest BCUT2D eigenvalue weighted by atomic mass is 32.2. The molecule has 3 aromatic carbocycles. The summed E-state index contributed by atoms with van der Waals surface area (Å²) < 4.78 is 8.62.